The van der Waals surface area contributed by atoms with E-state index in [9.17, 15) is 9.59 Å². The number of rotatable bonds is 3. The van der Waals surface area contributed by atoms with E-state index in [1.165, 1.54) is 10.9 Å². The Morgan fingerprint density at radius 2 is 1.91 bits per heavy atom. The second-order valence-electron chi connectivity index (χ2n) is 4.84. The maximum Gasteiger partial charge on any atom is 0.261 e. The van der Waals surface area contributed by atoms with Gasteiger partial charge in [0.15, 0.2) is 0 Å². The van der Waals surface area contributed by atoms with Crippen molar-refractivity contribution in [2.24, 2.45) is 0 Å². The summed E-state index contributed by atoms with van der Waals surface area (Å²) in [7, 11) is 0. The van der Waals surface area contributed by atoms with Gasteiger partial charge in [-0.15, -0.1) is 0 Å². The Morgan fingerprint density at radius 1 is 1.13 bits per heavy atom. The van der Waals surface area contributed by atoms with Gasteiger partial charge in [-0.1, -0.05) is 41.4 Å². The molecule has 0 aliphatic heterocycles. The van der Waals surface area contributed by atoms with Gasteiger partial charge in [-0.05, 0) is 24.3 Å². The van der Waals surface area contributed by atoms with Crippen LogP contribution < -0.4 is 10.9 Å². The maximum absolute atomic E-state index is 12.3. The van der Waals surface area contributed by atoms with Crippen LogP contribution in [0.5, 0.6) is 0 Å². The second-order valence-corrected chi connectivity index (χ2v) is 5.63. The van der Waals surface area contributed by atoms with E-state index < -0.39 is 5.91 Å². The molecule has 7 heteroatoms. The van der Waals surface area contributed by atoms with E-state index in [0.29, 0.717) is 21.6 Å². The predicted octanol–water partition coefficient (Wildman–Crippen LogP) is 3.34. The van der Waals surface area contributed by atoms with Crippen LogP contribution in [0, 0.1) is 0 Å². The van der Waals surface area contributed by atoms with Gasteiger partial charge in [0.25, 0.3) is 5.56 Å². The minimum absolute atomic E-state index is 0.167. The molecule has 0 fully saturated rings. The van der Waals surface area contributed by atoms with Crippen molar-refractivity contribution in [3.05, 3.63) is 69.2 Å². The van der Waals surface area contributed by atoms with E-state index in [2.05, 4.69) is 10.3 Å². The summed E-state index contributed by atoms with van der Waals surface area (Å²) in [5, 5.41) is 3.69. The number of nitrogens with one attached hydrogen (secondary N) is 1. The molecule has 0 spiro atoms. The number of hydrogen-bond donors (Lipinski definition) is 1. The fourth-order valence-electron chi connectivity index (χ4n) is 2.16. The third-order valence-electron chi connectivity index (χ3n) is 3.27. The smallest absolute Gasteiger partial charge is 0.261 e. The molecule has 0 atom stereocenters. The van der Waals surface area contributed by atoms with Crippen molar-refractivity contribution in [3.63, 3.8) is 0 Å². The lowest BCUT2D eigenvalue weighted by atomic mass is 10.2. The van der Waals surface area contributed by atoms with Crippen molar-refractivity contribution in [3.8, 4) is 0 Å². The molecule has 0 unspecified atom stereocenters. The Balaban J connectivity index is 1.85. The van der Waals surface area contributed by atoms with Gasteiger partial charge in [0.2, 0.25) is 5.91 Å². The van der Waals surface area contributed by atoms with Gasteiger partial charge in [-0.25, -0.2) is 4.98 Å². The van der Waals surface area contributed by atoms with Crippen molar-refractivity contribution in [2.75, 3.05) is 5.32 Å². The van der Waals surface area contributed by atoms with Crippen LogP contribution in [0.4, 0.5) is 5.69 Å². The summed E-state index contributed by atoms with van der Waals surface area (Å²) < 4.78 is 1.25. The average molecular weight is 348 g/mol. The highest BCUT2D eigenvalue weighted by Gasteiger charge is 2.11. The lowest BCUT2D eigenvalue weighted by Gasteiger charge is -2.09. The molecule has 0 saturated heterocycles. The largest absolute Gasteiger partial charge is 0.323 e. The quantitative estimate of drug-likeness (QED) is 0.790. The van der Waals surface area contributed by atoms with Crippen LogP contribution in [0.25, 0.3) is 10.9 Å². The zero-order valence-electron chi connectivity index (χ0n) is 11.8. The fourth-order valence-corrected chi connectivity index (χ4v) is 2.51. The number of para-hydroxylation sites is 1. The molecule has 0 aliphatic rings. The molecule has 1 heterocycles. The predicted molar refractivity (Wildman–Crippen MR) is 91.1 cm³/mol. The van der Waals surface area contributed by atoms with E-state index in [1.807, 2.05) is 0 Å². The molecule has 0 saturated carbocycles. The van der Waals surface area contributed by atoms with Crippen molar-refractivity contribution < 1.29 is 4.79 Å². The molecule has 2 aromatic carbocycles. The summed E-state index contributed by atoms with van der Waals surface area (Å²) in [6.07, 6.45) is 1.35. The number of benzene rings is 2. The van der Waals surface area contributed by atoms with Crippen LogP contribution in [0.3, 0.4) is 0 Å². The highest BCUT2D eigenvalue weighted by molar-refractivity contribution is 6.43. The Kier molecular flexibility index (Phi) is 4.32. The average Bonchev–Trinajstić information content (AvgIpc) is 2.55. The number of hydrogen-bond acceptors (Lipinski definition) is 3. The minimum Gasteiger partial charge on any atom is -0.323 e. The van der Waals surface area contributed by atoms with Crippen molar-refractivity contribution >= 4 is 45.7 Å². The number of carbonyl (C=O) groups is 1. The zero-order valence-corrected chi connectivity index (χ0v) is 13.3. The third-order valence-corrected chi connectivity index (χ3v) is 4.09. The first kappa shape index (κ1) is 15.5. The molecule has 0 radical (unpaired) electrons. The Labute approximate surface area is 141 Å². The molecule has 1 N–H and O–H groups in total. The molecule has 5 nitrogen and oxygen atoms in total. The van der Waals surface area contributed by atoms with Crippen LogP contribution in [0.15, 0.2) is 53.6 Å². The monoisotopic (exact) mass is 347 g/mol. The topological polar surface area (TPSA) is 64.0 Å². The number of halogens is 2. The van der Waals surface area contributed by atoms with Gasteiger partial charge >= 0.3 is 0 Å². The molecule has 3 rings (SSSR count). The summed E-state index contributed by atoms with van der Waals surface area (Å²) in [5.41, 5.74) is 0.709. The first-order valence-electron chi connectivity index (χ1n) is 6.74. The maximum atomic E-state index is 12.3. The summed E-state index contributed by atoms with van der Waals surface area (Å²) in [6.45, 7) is -0.167. The normalized spacial score (nSPS) is 10.7. The number of carbonyl (C=O) groups excluding carboxylic acids is 1. The van der Waals surface area contributed by atoms with Gasteiger partial charge in [-0.3, -0.25) is 14.2 Å². The molecule has 116 valence electrons. The second kappa shape index (κ2) is 6.40. The van der Waals surface area contributed by atoms with Gasteiger partial charge in [0, 0.05) is 0 Å². The highest BCUT2D eigenvalue weighted by Crippen LogP contribution is 2.29. The number of fused-ring (bicyclic) bond motifs is 1. The number of aromatic nitrogens is 2. The molecule has 3 aromatic rings. The van der Waals surface area contributed by atoms with Crippen molar-refractivity contribution in [2.45, 2.75) is 6.54 Å². The third kappa shape index (κ3) is 3.21. The molecule has 1 aromatic heterocycles. The van der Waals surface area contributed by atoms with Crippen LogP contribution >= 0.6 is 23.2 Å². The molecule has 0 aliphatic carbocycles. The number of amides is 1. The van der Waals surface area contributed by atoms with Gasteiger partial charge in [0.05, 0.1) is 33.0 Å². The molecule has 0 bridgehead atoms. The Hall–Kier alpha value is -2.37. The lowest BCUT2D eigenvalue weighted by molar-refractivity contribution is -0.116. The van der Waals surface area contributed by atoms with Gasteiger partial charge in [-0.2, -0.15) is 0 Å². The van der Waals surface area contributed by atoms with Crippen LogP contribution in [0.1, 0.15) is 0 Å². The summed E-state index contributed by atoms with van der Waals surface area (Å²) in [6, 6.07) is 11.9. The molecule has 23 heavy (non-hydrogen) atoms. The Morgan fingerprint density at radius 3 is 2.74 bits per heavy atom. The number of anilines is 1. The van der Waals surface area contributed by atoms with E-state index in [1.54, 1.807) is 42.5 Å². The molecule has 1 amide bonds. The zero-order chi connectivity index (χ0) is 16.4. The molecular formula is C16H11Cl2N3O2. The van der Waals surface area contributed by atoms with Gasteiger partial charge < -0.3 is 5.32 Å². The van der Waals surface area contributed by atoms with E-state index in [-0.39, 0.29) is 17.1 Å². The Bertz CT molecular complexity index is 953. The van der Waals surface area contributed by atoms with Crippen molar-refractivity contribution in [1.82, 2.24) is 9.55 Å². The van der Waals surface area contributed by atoms with Crippen LogP contribution in [-0.2, 0) is 11.3 Å². The summed E-state index contributed by atoms with van der Waals surface area (Å²) in [4.78, 5) is 28.6. The first-order chi connectivity index (χ1) is 11.1. The van der Waals surface area contributed by atoms with Crippen LogP contribution in [0.2, 0.25) is 10.0 Å². The van der Waals surface area contributed by atoms with E-state index >= 15 is 0 Å². The lowest BCUT2D eigenvalue weighted by Crippen LogP contribution is -2.28. The summed E-state index contributed by atoms with van der Waals surface area (Å²) in [5.74, 6) is -0.395. The van der Waals surface area contributed by atoms with Gasteiger partial charge in [0.1, 0.15) is 6.54 Å². The number of nitrogens with zero attached hydrogens (tertiary/aromatic N) is 2. The standard InChI is InChI=1S/C16H11Cl2N3O2/c17-11-5-3-7-13(15(11)18)20-14(22)8-21-9-19-12-6-2-1-4-10(12)16(21)23/h1-7,9H,8H2,(H,20,22). The first-order valence-corrected chi connectivity index (χ1v) is 7.50. The highest BCUT2D eigenvalue weighted by atomic mass is 35.5. The van der Waals surface area contributed by atoms with Crippen molar-refractivity contribution in [1.29, 1.82) is 0 Å². The summed E-state index contributed by atoms with van der Waals surface area (Å²) >= 11 is 11.9. The minimum atomic E-state index is -0.395. The van der Waals surface area contributed by atoms with E-state index in [4.69, 9.17) is 23.2 Å². The fraction of sp³-hybridized carbons (Fsp3) is 0.0625. The van der Waals surface area contributed by atoms with E-state index in [0.717, 1.165) is 0 Å². The van der Waals surface area contributed by atoms with Crippen LogP contribution in [-0.4, -0.2) is 15.5 Å². The SMILES string of the molecule is O=C(Cn1cnc2ccccc2c1=O)Nc1cccc(Cl)c1Cl. The molecular weight excluding hydrogens is 337 g/mol.